The van der Waals surface area contributed by atoms with Crippen LogP contribution in [0.15, 0.2) is 42.7 Å². The zero-order valence-electron chi connectivity index (χ0n) is 10.2. The number of nitrogens with zero attached hydrogens (tertiary/aromatic N) is 2. The van der Waals surface area contributed by atoms with Gasteiger partial charge in [-0.2, -0.15) is 5.10 Å². The van der Waals surface area contributed by atoms with Crippen LogP contribution in [0.3, 0.4) is 0 Å². The molecule has 2 aromatic rings. The fourth-order valence-electron chi connectivity index (χ4n) is 1.79. The Morgan fingerprint density at radius 2 is 2.00 bits per heavy atom. The quantitative estimate of drug-likeness (QED) is 0.854. The van der Waals surface area contributed by atoms with Gasteiger partial charge in [-0.25, -0.2) is 0 Å². The standard InChI is InChI=1S/C14H19N3/c1-12(15)7-8-14-9-16-17(11-14)10-13-5-3-2-4-6-13/h2-6,9,11-12H,7-8,10,15H2,1H3. The van der Waals surface area contributed by atoms with Gasteiger partial charge >= 0.3 is 0 Å². The molecule has 1 unspecified atom stereocenters. The average molecular weight is 229 g/mol. The van der Waals surface area contributed by atoms with E-state index in [4.69, 9.17) is 5.73 Å². The Morgan fingerprint density at radius 3 is 2.71 bits per heavy atom. The Labute approximate surface area is 102 Å². The van der Waals surface area contributed by atoms with Crippen molar-refractivity contribution in [1.29, 1.82) is 0 Å². The van der Waals surface area contributed by atoms with Gasteiger partial charge in [-0.3, -0.25) is 4.68 Å². The van der Waals surface area contributed by atoms with Crippen LogP contribution in [0, 0.1) is 0 Å². The lowest BCUT2D eigenvalue weighted by molar-refractivity contribution is 0.662. The molecule has 2 N–H and O–H groups in total. The Hall–Kier alpha value is -1.61. The molecule has 0 aliphatic heterocycles. The molecule has 0 aliphatic rings. The van der Waals surface area contributed by atoms with Crippen molar-refractivity contribution >= 4 is 0 Å². The maximum Gasteiger partial charge on any atom is 0.0659 e. The van der Waals surface area contributed by atoms with Crippen molar-refractivity contribution in [2.24, 2.45) is 5.73 Å². The second-order valence-corrected chi connectivity index (χ2v) is 4.55. The Bertz CT molecular complexity index is 446. The van der Waals surface area contributed by atoms with Gasteiger partial charge in [-0.15, -0.1) is 0 Å². The SMILES string of the molecule is CC(N)CCc1cnn(Cc2ccccc2)c1. The highest BCUT2D eigenvalue weighted by Gasteiger charge is 2.01. The van der Waals surface area contributed by atoms with Gasteiger partial charge in [0.1, 0.15) is 0 Å². The molecule has 3 heteroatoms. The van der Waals surface area contributed by atoms with Crippen LogP contribution < -0.4 is 5.73 Å². The van der Waals surface area contributed by atoms with Crippen LogP contribution in [-0.2, 0) is 13.0 Å². The fourth-order valence-corrected chi connectivity index (χ4v) is 1.79. The predicted molar refractivity (Wildman–Crippen MR) is 69.7 cm³/mol. The van der Waals surface area contributed by atoms with E-state index < -0.39 is 0 Å². The van der Waals surface area contributed by atoms with Crippen molar-refractivity contribution < 1.29 is 0 Å². The molecule has 2 rings (SSSR count). The summed E-state index contributed by atoms with van der Waals surface area (Å²) in [4.78, 5) is 0. The molecule has 17 heavy (non-hydrogen) atoms. The lowest BCUT2D eigenvalue weighted by Crippen LogP contribution is -2.15. The molecule has 0 fully saturated rings. The molecule has 1 aromatic heterocycles. The zero-order chi connectivity index (χ0) is 12.1. The van der Waals surface area contributed by atoms with E-state index in [9.17, 15) is 0 Å². The second kappa shape index (κ2) is 5.64. The van der Waals surface area contributed by atoms with Gasteiger partial charge in [0, 0.05) is 12.2 Å². The van der Waals surface area contributed by atoms with E-state index in [0.717, 1.165) is 19.4 Å². The normalized spacial score (nSPS) is 12.6. The first-order chi connectivity index (χ1) is 8.24. The zero-order valence-corrected chi connectivity index (χ0v) is 10.2. The lowest BCUT2D eigenvalue weighted by atomic mass is 10.1. The van der Waals surface area contributed by atoms with Gasteiger partial charge in [0.2, 0.25) is 0 Å². The molecule has 0 saturated heterocycles. The summed E-state index contributed by atoms with van der Waals surface area (Å²) in [6.45, 7) is 2.87. The van der Waals surface area contributed by atoms with Crippen molar-refractivity contribution in [2.75, 3.05) is 0 Å². The third-order valence-corrected chi connectivity index (χ3v) is 2.76. The third kappa shape index (κ3) is 3.71. The van der Waals surface area contributed by atoms with Gasteiger partial charge in [-0.1, -0.05) is 30.3 Å². The minimum absolute atomic E-state index is 0.257. The summed E-state index contributed by atoms with van der Waals surface area (Å²) in [7, 11) is 0. The molecule has 0 bridgehead atoms. The van der Waals surface area contributed by atoms with Crippen molar-refractivity contribution in [3.63, 3.8) is 0 Å². The fraction of sp³-hybridized carbons (Fsp3) is 0.357. The van der Waals surface area contributed by atoms with Crippen LogP contribution in [0.4, 0.5) is 0 Å². The van der Waals surface area contributed by atoms with Crippen LogP contribution in [0.1, 0.15) is 24.5 Å². The first-order valence-electron chi connectivity index (χ1n) is 6.05. The molecule has 0 spiro atoms. The van der Waals surface area contributed by atoms with Crippen LogP contribution in [0.5, 0.6) is 0 Å². The first-order valence-corrected chi connectivity index (χ1v) is 6.05. The third-order valence-electron chi connectivity index (χ3n) is 2.76. The summed E-state index contributed by atoms with van der Waals surface area (Å²) >= 11 is 0. The highest BCUT2D eigenvalue weighted by atomic mass is 15.3. The topological polar surface area (TPSA) is 43.8 Å². The van der Waals surface area contributed by atoms with Crippen LogP contribution in [-0.4, -0.2) is 15.8 Å². The van der Waals surface area contributed by atoms with Crippen molar-refractivity contribution in [1.82, 2.24) is 9.78 Å². The molecular formula is C14H19N3. The molecule has 1 aromatic carbocycles. The van der Waals surface area contributed by atoms with E-state index in [-0.39, 0.29) is 6.04 Å². The van der Waals surface area contributed by atoms with Crippen molar-refractivity contribution in [2.45, 2.75) is 32.4 Å². The summed E-state index contributed by atoms with van der Waals surface area (Å²) in [5.41, 5.74) is 8.28. The summed E-state index contributed by atoms with van der Waals surface area (Å²) in [5.74, 6) is 0. The molecule has 0 radical (unpaired) electrons. The number of aryl methyl sites for hydroxylation is 1. The average Bonchev–Trinajstić information content (AvgIpc) is 2.75. The van der Waals surface area contributed by atoms with Gasteiger partial charge < -0.3 is 5.73 Å². The number of hydrogen-bond donors (Lipinski definition) is 1. The van der Waals surface area contributed by atoms with Crippen molar-refractivity contribution in [3.05, 3.63) is 53.9 Å². The first kappa shape index (κ1) is 11.9. The van der Waals surface area contributed by atoms with Crippen LogP contribution in [0.2, 0.25) is 0 Å². The van der Waals surface area contributed by atoms with Gasteiger partial charge in [0.05, 0.1) is 12.7 Å². The number of hydrogen-bond acceptors (Lipinski definition) is 2. The van der Waals surface area contributed by atoms with Crippen molar-refractivity contribution in [3.8, 4) is 0 Å². The van der Waals surface area contributed by atoms with Crippen LogP contribution >= 0.6 is 0 Å². The minimum atomic E-state index is 0.257. The van der Waals surface area contributed by atoms with E-state index in [2.05, 4.69) is 35.6 Å². The Kier molecular flexibility index (Phi) is 3.94. The lowest BCUT2D eigenvalue weighted by Gasteiger charge is -2.02. The predicted octanol–water partition coefficient (Wildman–Crippen LogP) is 2.21. The number of rotatable bonds is 5. The Morgan fingerprint density at radius 1 is 1.24 bits per heavy atom. The highest BCUT2D eigenvalue weighted by Crippen LogP contribution is 2.06. The van der Waals surface area contributed by atoms with E-state index in [1.54, 1.807) is 0 Å². The smallest absolute Gasteiger partial charge is 0.0659 e. The molecule has 3 nitrogen and oxygen atoms in total. The summed E-state index contributed by atoms with van der Waals surface area (Å²) in [5, 5.41) is 4.37. The van der Waals surface area contributed by atoms with Gasteiger partial charge in [0.25, 0.3) is 0 Å². The molecule has 1 atom stereocenters. The van der Waals surface area contributed by atoms with E-state index in [1.807, 2.05) is 23.9 Å². The highest BCUT2D eigenvalue weighted by molar-refractivity contribution is 5.15. The van der Waals surface area contributed by atoms with E-state index in [0.29, 0.717) is 0 Å². The monoisotopic (exact) mass is 229 g/mol. The van der Waals surface area contributed by atoms with Gasteiger partial charge in [-0.05, 0) is 30.9 Å². The molecular weight excluding hydrogens is 210 g/mol. The summed E-state index contributed by atoms with van der Waals surface area (Å²) in [6, 6.07) is 10.6. The summed E-state index contributed by atoms with van der Waals surface area (Å²) < 4.78 is 1.98. The number of nitrogens with two attached hydrogens (primary N) is 1. The largest absolute Gasteiger partial charge is 0.328 e. The molecule has 1 heterocycles. The number of benzene rings is 1. The van der Waals surface area contributed by atoms with E-state index in [1.165, 1.54) is 11.1 Å². The molecule has 0 saturated carbocycles. The van der Waals surface area contributed by atoms with Crippen LogP contribution in [0.25, 0.3) is 0 Å². The second-order valence-electron chi connectivity index (χ2n) is 4.55. The van der Waals surface area contributed by atoms with Gasteiger partial charge in [0.15, 0.2) is 0 Å². The molecule has 0 amide bonds. The maximum absolute atomic E-state index is 5.74. The maximum atomic E-state index is 5.74. The molecule has 0 aliphatic carbocycles. The minimum Gasteiger partial charge on any atom is -0.328 e. The number of aromatic nitrogens is 2. The Balaban J connectivity index is 1.94. The summed E-state index contributed by atoms with van der Waals surface area (Å²) in [6.07, 6.45) is 6.06. The van der Waals surface area contributed by atoms with E-state index >= 15 is 0 Å². The molecule has 90 valence electrons.